The zero-order valence-corrected chi connectivity index (χ0v) is 32.7. The number of rotatable bonds is 2. The molecule has 0 bridgehead atoms. The molecule has 0 radical (unpaired) electrons. The number of benzene rings is 4. The third-order valence-corrected chi connectivity index (χ3v) is 12.0. The first-order valence-corrected chi connectivity index (χ1v) is 19.4. The number of phenolic OH excluding ortho intramolecular Hbond substituents is 2. The van der Waals surface area contributed by atoms with E-state index in [-0.39, 0.29) is 46.5 Å². The molecule has 0 unspecified atom stereocenters. The largest absolute Gasteiger partial charge is 0.507 e. The minimum absolute atomic E-state index is 0.0184. The molecule has 0 aliphatic carbocycles. The molecular weight excluding hydrogens is 789 g/mol. The summed E-state index contributed by atoms with van der Waals surface area (Å²) in [5.74, 6) is -1.45. The zero-order chi connectivity index (χ0) is 40.6. The molecule has 2 saturated heterocycles. The molecule has 2 atom stereocenters. The maximum atomic E-state index is 14.4. The molecule has 0 spiro atoms. The van der Waals surface area contributed by atoms with Crippen molar-refractivity contribution in [2.45, 2.75) is 12.1 Å². The first kappa shape index (κ1) is 37.8. The Morgan fingerprint density at radius 2 is 1.09 bits per heavy atom. The number of hydrogen-bond acceptors (Lipinski definition) is 10. The van der Waals surface area contributed by atoms with Gasteiger partial charge in [0.05, 0.1) is 57.3 Å². The smallest absolute Gasteiger partial charge is 0.250 e. The van der Waals surface area contributed by atoms with Gasteiger partial charge in [0, 0.05) is 85.3 Å². The van der Waals surface area contributed by atoms with Crippen molar-refractivity contribution in [3.05, 3.63) is 94.7 Å². The van der Waals surface area contributed by atoms with Gasteiger partial charge in [-0.1, -0.05) is 35.3 Å². The van der Waals surface area contributed by atoms with Crippen molar-refractivity contribution >= 4 is 79.6 Å². The van der Waals surface area contributed by atoms with Crippen molar-refractivity contribution in [2.24, 2.45) is 0 Å². The summed E-state index contributed by atoms with van der Waals surface area (Å²) in [6.45, 7) is 4.05. The van der Waals surface area contributed by atoms with Crippen LogP contribution in [-0.4, -0.2) is 97.4 Å². The predicted octanol–water partition coefficient (Wildman–Crippen LogP) is 6.31. The highest BCUT2D eigenvalue weighted by Gasteiger charge is 2.41. The molecule has 2 aromatic heterocycles. The van der Waals surface area contributed by atoms with Crippen LogP contribution in [0.1, 0.15) is 0 Å². The van der Waals surface area contributed by atoms with Gasteiger partial charge in [0.15, 0.2) is 0 Å². The molecule has 4 N–H and O–H groups in total. The Bertz CT molecular complexity index is 2480. The van der Waals surface area contributed by atoms with E-state index in [4.69, 9.17) is 23.2 Å². The maximum absolute atomic E-state index is 14.4. The van der Waals surface area contributed by atoms with Gasteiger partial charge in [0.2, 0.25) is 0 Å². The van der Waals surface area contributed by atoms with Crippen LogP contribution < -0.4 is 30.2 Å². The van der Waals surface area contributed by atoms with Gasteiger partial charge in [-0.15, -0.1) is 0 Å². The van der Waals surface area contributed by atoms with Gasteiger partial charge >= 0.3 is 0 Å². The fraction of sp³-hybridized carbons (Fsp3) is 0.238. The first-order valence-electron chi connectivity index (χ1n) is 18.6. The number of pyridine rings is 2. The predicted molar refractivity (Wildman–Crippen MR) is 222 cm³/mol. The number of carbonyl (C=O) groups is 2. The number of anilines is 4. The molecule has 4 aromatic carbocycles. The molecule has 4 aliphatic heterocycles. The minimum atomic E-state index is -0.559. The maximum Gasteiger partial charge on any atom is 0.250 e. The number of aromatic nitrogens is 2. The number of phenols is 2. The van der Waals surface area contributed by atoms with Crippen LogP contribution in [-0.2, 0) is 9.59 Å². The third-order valence-electron chi connectivity index (χ3n) is 11.4. The number of fused-ring (bicyclic) bond motifs is 10. The number of likely N-dealkylation sites (N-methyl/N-ethyl adjacent to an activating group) is 2. The van der Waals surface area contributed by atoms with E-state index >= 15 is 0 Å². The van der Waals surface area contributed by atoms with Crippen LogP contribution in [0.2, 0.25) is 10.0 Å². The van der Waals surface area contributed by atoms with E-state index in [1.807, 2.05) is 0 Å². The van der Waals surface area contributed by atoms with Crippen molar-refractivity contribution in [3.8, 4) is 33.8 Å². The van der Waals surface area contributed by atoms with Crippen LogP contribution in [0.3, 0.4) is 0 Å². The Balaban J connectivity index is 0.000000150. The molecule has 16 heteroatoms. The van der Waals surface area contributed by atoms with Gasteiger partial charge < -0.3 is 40.4 Å². The van der Waals surface area contributed by atoms with Crippen LogP contribution in [0.5, 0.6) is 11.5 Å². The quantitative estimate of drug-likeness (QED) is 0.157. The van der Waals surface area contributed by atoms with E-state index in [9.17, 15) is 28.6 Å². The molecule has 12 nitrogen and oxygen atoms in total. The van der Waals surface area contributed by atoms with Gasteiger partial charge in [-0.25, -0.2) is 8.78 Å². The molecule has 6 aromatic rings. The summed E-state index contributed by atoms with van der Waals surface area (Å²) in [5, 5.41) is 29.1. The summed E-state index contributed by atoms with van der Waals surface area (Å²) in [7, 11) is 3.49. The highest BCUT2D eigenvalue weighted by Crippen LogP contribution is 2.47. The van der Waals surface area contributed by atoms with Crippen molar-refractivity contribution in [1.82, 2.24) is 20.6 Å². The highest BCUT2D eigenvalue weighted by molar-refractivity contribution is 6.35. The summed E-state index contributed by atoms with van der Waals surface area (Å²) in [6.07, 6.45) is 3.32. The van der Waals surface area contributed by atoms with Crippen LogP contribution in [0, 0.1) is 11.6 Å². The zero-order valence-electron chi connectivity index (χ0n) is 31.2. The van der Waals surface area contributed by atoms with E-state index < -0.39 is 11.6 Å². The number of aromatic hydroxyl groups is 2. The minimum Gasteiger partial charge on any atom is -0.507 e. The van der Waals surface area contributed by atoms with Crippen LogP contribution in [0.15, 0.2) is 73.1 Å². The molecule has 0 saturated carbocycles. The molecule has 2 fully saturated rings. The molecule has 6 heterocycles. The van der Waals surface area contributed by atoms with Gasteiger partial charge in [0.25, 0.3) is 11.8 Å². The second kappa shape index (κ2) is 14.5. The SMILES string of the molecule is CN1C(=O)[C@@H]2CNCCN2c2c1cnc1cc(-c3c(O)cccc3F)c(Cl)cc21.CN1C(=O)[C@H]2CNCCN2c2c1cnc1cc(-c3c(O)cccc3F)c(Cl)cc21. The molecular formula is C42H36Cl2F2N8O4. The Labute approximate surface area is 341 Å². The summed E-state index contributed by atoms with van der Waals surface area (Å²) < 4.78 is 28.8. The summed E-state index contributed by atoms with van der Waals surface area (Å²) in [4.78, 5) is 42.0. The fourth-order valence-electron chi connectivity index (χ4n) is 8.48. The van der Waals surface area contributed by atoms with Crippen molar-refractivity contribution in [3.63, 3.8) is 0 Å². The number of hydrogen-bond donors (Lipinski definition) is 4. The Kier molecular flexibility index (Phi) is 9.47. The number of amides is 2. The average Bonchev–Trinajstić information content (AvgIpc) is 3.21. The van der Waals surface area contributed by atoms with Crippen molar-refractivity contribution < 1.29 is 28.6 Å². The monoisotopic (exact) mass is 824 g/mol. The normalized spacial score (nSPS) is 18.7. The lowest BCUT2D eigenvalue weighted by molar-refractivity contribution is -0.120. The second-order valence-electron chi connectivity index (χ2n) is 14.6. The van der Waals surface area contributed by atoms with Crippen LogP contribution in [0.25, 0.3) is 44.1 Å². The summed E-state index contributed by atoms with van der Waals surface area (Å²) in [6, 6.07) is 14.6. The third kappa shape index (κ3) is 6.01. The lowest BCUT2D eigenvalue weighted by Crippen LogP contribution is -2.61. The number of carbonyl (C=O) groups excluding carboxylic acids is 2. The Hall–Kier alpha value is -5.80. The van der Waals surface area contributed by atoms with E-state index in [0.717, 1.165) is 46.6 Å². The fourth-order valence-corrected chi connectivity index (χ4v) is 9.00. The number of nitrogens with zero attached hydrogens (tertiary/aromatic N) is 6. The summed E-state index contributed by atoms with van der Waals surface area (Å²) >= 11 is 13.1. The van der Waals surface area contributed by atoms with Gasteiger partial charge in [-0.2, -0.15) is 0 Å². The number of nitrogens with one attached hydrogen (secondary N) is 2. The Morgan fingerprint density at radius 1 is 0.672 bits per heavy atom. The molecule has 4 aliphatic rings. The number of halogens is 4. The standard InChI is InChI=1S/2C21H18ClFN4O2/c2*1-26-16-10-25-15-8-11(19-14(23)3-2-4-18(19)28)13(22)7-12(15)20(16)27-6-5-24-9-17(27)21(26)29/h2*2-4,7-8,10,17,24,28H,5-6,9H2,1H3/t2*17-/m10/s1. The van der Waals surface area contributed by atoms with Crippen LogP contribution >= 0.6 is 23.2 Å². The van der Waals surface area contributed by atoms with Gasteiger partial charge in [0.1, 0.15) is 35.2 Å². The van der Waals surface area contributed by atoms with Crippen LogP contribution in [0.4, 0.5) is 31.5 Å². The van der Waals surface area contributed by atoms with E-state index in [1.165, 1.54) is 36.4 Å². The highest BCUT2D eigenvalue weighted by atomic mass is 35.5. The summed E-state index contributed by atoms with van der Waals surface area (Å²) in [5.41, 5.74) is 5.31. The van der Waals surface area contributed by atoms with Gasteiger partial charge in [-0.3, -0.25) is 19.6 Å². The van der Waals surface area contributed by atoms with Gasteiger partial charge in [-0.05, 0) is 48.5 Å². The molecule has 2 amide bonds. The second-order valence-corrected chi connectivity index (χ2v) is 15.4. The molecule has 10 rings (SSSR count). The number of piperazine rings is 2. The average molecular weight is 826 g/mol. The molecule has 58 heavy (non-hydrogen) atoms. The van der Waals surface area contributed by atoms with E-state index in [1.54, 1.807) is 60.6 Å². The van der Waals surface area contributed by atoms with E-state index in [2.05, 4.69) is 30.4 Å². The first-order chi connectivity index (χ1) is 27.9. The lowest BCUT2D eigenvalue weighted by atomic mass is 9.98. The lowest BCUT2D eigenvalue weighted by Gasteiger charge is -2.44. The molecule has 296 valence electrons. The van der Waals surface area contributed by atoms with Crippen molar-refractivity contribution in [1.29, 1.82) is 0 Å². The Morgan fingerprint density at radius 3 is 1.48 bits per heavy atom. The topological polar surface area (TPSA) is 137 Å². The van der Waals surface area contributed by atoms with E-state index in [0.29, 0.717) is 58.4 Å². The van der Waals surface area contributed by atoms with Crippen molar-refractivity contribution in [2.75, 3.05) is 73.0 Å².